The molecule has 1 aliphatic rings. The lowest BCUT2D eigenvalue weighted by atomic mass is 10.0. The van der Waals surface area contributed by atoms with Gasteiger partial charge in [0.2, 0.25) is 10.0 Å². The van der Waals surface area contributed by atoms with Gasteiger partial charge in [0.15, 0.2) is 0 Å². The third-order valence-electron chi connectivity index (χ3n) is 3.38. The summed E-state index contributed by atoms with van der Waals surface area (Å²) in [5.41, 5.74) is 0.826. The van der Waals surface area contributed by atoms with Crippen molar-refractivity contribution in [1.82, 2.24) is 4.72 Å². The minimum absolute atomic E-state index is 0.0477. The number of hydrogen-bond acceptors (Lipinski definition) is 4. The predicted molar refractivity (Wildman–Crippen MR) is 77.7 cm³/mol. The summed E-state index contributed by atoms with van der Waals surface area (Å²) in [6.07, 6.45) is 0.565. The Morgan fingerprint density at radius 3 is 2.76 bits per heavy atom. The second-order valence-electron chi connectivity index (χ2n) is 4.85. The first-order valence-electron chi connectivity index (χ1n) is 6.59. The quantitative estimate of drug-likeness (QED) is 0.911. The highest BCUT2D eigenvalue weighted by Gasteiger charge is 2.26. The van der Waals surface area contributed by atoms with Crippen molar-refractivity contribution in [3.8, 4) is 11.5 Å². The van der Waals surface area contributed by atoms with Gasteiger partial charge in [-0.2, -0.15) is 0 Å². The lowest BCUT2D eigenvalue weighted by Gasteiger charge is -2.26. The molecule has 0 spiro atoms. The molecule has 0 saturated carbocycles. The fourth-order valence-corrected chi connectivity index (χ4v) is 3.66. The summed E-state index contributed by atoms with van der Waals surface area (Å²) in [5.74, 6) is 0.623. The Balaban J connectivity index is 1.90. The van der Waals surface area contributed by atoms with Crippen LogP contribution in [0.25, 0.3) is 0 Å². The van der Waals surface area contributed by atoms with Crippen LogP contribution in [0.5, 0.6) is 11.5 Å². The van der Waals surface area contributed by atoms with Crippen molar-refractivity contribution in [3.63, 3.8) is 0 Å². The Morgan fingerprint density at radius 1 is 1.14 bits per heavy atom. The van der Waals surface area contributed by atoms with E-state index in [4.69, 9.17) is 4.74 Å². The van der Waals surface area contributed by atoms with E-state index in [-0.39, 0.29) is 16.7 Å². The van der Waals surface area contributed by atoms with Gasteiger partial charge in [0, 0.05) is 12.0 Å². The molecule has 6 heteroatoms. The summed E-state index contributed by atoms with van der Waals surface area (Å²) in [4.78, 5) is 0.0477. The van der Waals surface area contributed by atoms with Crippen molar-refractivity contribution < 1.29 is 18.3 Å². The van der Waals surface area contributed by atoms with Gasteiger partial charge in [-0.3, -0.25) is 0 Å². The molecule has 21 heavy (non-hydrogen) atoms. The van der Waals surface area contributed by atoms with Crippen LogP contribution in [0.3, 0.4) is 0 Å². The molecule has 0 fully saturated rings. The fourth-order valence-electron chi connectivity index (χ4n) is 2.37. The van der Waals surface area contributed by atoms with Crippen LogP contribution in [0.15, 0.2) is 53.4 Å². The van der Waals surface area contributed by atoms with Gasteiger partial charge in [0.05, 0.1) is 17.5 Å². The van der Waals surface area contributed by atoms with Crippen molar-refractivity contribution in [1.29, 1.82) is 0 Å². The smallest absolute Gasteiger partial charge is 0.241 e. The molecular weight excluding hydrogens is 290 g/mol. The molecule has 0 saturated heterocycles. The SMILES string of the molecule is O=S(=O)(NC1CCOc2ccccc21)c1cccc(O)c1. The van der Waals surface area contributed by atoms with E-state index in [1.165, 1.54) is 24.3 Å². The molecule has 2 aromatic carbocycles. The Labute approximate surface area is 123 Å². The third-order valence-corrected chi connectivity index (χ3v) is 4.85. The summed E-state index contributed by atoms with van der Waals surface area (Å²) in [6, 6.07) is 12.7. The molecule has 0 bridgehead atoms. The highest BCUT2D eigenvalue weighted by Crippen LogP contribution is 2.32. The largest absolute Gasteiger partial charge is 0.508 e. The van der Waals surface area contributed by atoms with E-state index >= 15 is 0 Å². The van der Waals surface area contributed by atoms with Crippen LogP contribution in [0.2, 0.25) is 0 Å². The van der Waals surface area contributed by atoms with Crippen LogP contribution in [0, 0.1) is 0 Å². The second kappa shape index (κ2) is 5.38. The molecule has 0 aromatic heterocycles. The summed E-state index contributed by atoms with van der Waals surface area (Å²) >= 11 is 0. The number of phenolic OH excluding ortho intramolecular Hbond substituents is 1. The molecule has 0 amide bonds. The monoisotopic (exact) mass is 305 g/mol. The average molecular weight is 305 g/mol. The predicted octanol–water partition coefficient (Wildman–Crippen LogP) is 2.19. The van der Waals surface area contributed by atoms with E-state index in [2.05, 4.69) is 4.72 Å². The zero-order valence-electron chi connectivity index (χ0n) is 11.2. The van der Waals surface area contributed by atoms with Crippen LogP contribution in [-0.4, -0.2) is 20.1 Å². The number of sulfonamides is 1. The van der Waals surface area contributed by atoms with Gasteiger partial charge in [-0.25, -0.2) is 13.1 Å². The Hall–Kier alpha value is -2.05. The number of phenols is 1. The zero-order chi connectivity index (χ0) is 14.9. The molecule has 0 aliphatic carbocycles. The molecule has 1 unspecified atom stereocenters. The first-order valence-corrected chi connectivity index (χ1v) is 8.08. The molecule has 2 aromatic rings. The molecule has 3 rings (SSSR count). The van der Waals surface area contributed by atoms with E-state index in [1.54, 1.807) is 0 Å². The lowest BCUT2D eigenvalue weighted by Crippen LogP contribution is -2.32. The molecule has 1 heterocycles. The van der Waals surface area contributed by atoms with Gasteiger partial charge in [-0.1, -0.05) is 24.3 Å². The number of aromatic hydroxyl groups is 1. The highest BCUT2D eigenvalue weighted by atomic mass is 32.2. The lowest BCUT2D eigenvalue weighted by molar-refractivity contribution is 0.263. The number of hydrogen-bond donors (Lipinski definition) is 2. The molecule has 0 radical (unpaired) electrons. The van der Waals surface area contributed by atoms with E-state index in [0.717, 1.165) is 5.56 Å². The number of benzene rings is 2. The van der Waals surface area contributed by atoms with Gasteiger partial charge >= 0.3 is 0 Å². The fraction of sp³-hybridized carbons (Fsp3) is 0.200. The van der Waals surface area contributed by atoms with E-state index in [0.29, 0.717) is 18.8 Å². The number of rotatable bonds is 3. The van der Waals surface area contributed by atoms with Gasteiger partial charge in [0.25, 0.3) is 0 Å². The van der Waals surface area contributed by atoms with Crippen molar-refractivity contribution in [3.05, 3.63) is 54.1 Å². The Kier molecular flexibility index (Phi) is 3.57. The van der Waals surface area contributed by atoms with Gasteiger partial charge in [0.1, 0.15) is 11.5 Å². The first-order chi connectivity index (χ1) is 10.1. The molecule has 1 aliphatic heterocycles. The molecule has 110 valence electrons. The molecular formula is C15H15NO4S. The Morgan fingerprint density at radius 2 is 1.95 bits per heavy atom. The summed E-state index contributed by atoms with van der Waals surface area (Å²) in [5, 5.41) is 9.43. The number of para-hydroxylation sites is 1. The van der Waals surface area contributed by atoms with Crippen molar-refractivity contribution in [2.24, 2.45) is 0 Å². The number of fused-ring (bicyclic) bond motifs is 1. The average Bonchev–Trinajstić information content (AvgIpc) is 2.47. The first kappa shape index (κ1) is 13.9. The van der Waals surface area contributed by atoms with E-state index < -0.39 is 10.0 Å². The topological polar surface area (TPSA) is 75.6 Å². The number of ether oxygens (including phenoxy) is 1. The Bertz CT molecular complexity index is 758. The minimum Gasteiger partial charge on any atom is -0.508 e. The molecule has 5 nitrogen and oxygen atoms in total. The summed E-state index contributed by atoms with van der Waals surface area (Å²) in [6.45, 7) is 0.463. The van der Waals surface area contributed by atoms with Crippen LogP contribution in [0.4, 0.5) is 0 Å². The zero-order valence-corrected chi connectivity index (χ0v) is 12.0. The normalized spacial score (nSPS) is 17.8. The van der Waals surface area contributed by atoms with Crippen LogP contribution in [0.1, 0.15) is 18.0 Å². The van der Waals surface area contributed by atoms with Crippen LogP contribution >= 0.6 is 0 Å². The third kappa shape index (κ3) is 2.86. The summed E-state index contributed by atoms with van der Waals surface area (Å²) in [7, 11) is -3.69. The molecule has 1 atom stereocenters. The maximum absolute atomic E-state index is 12.4. The van der Waals surface area contributed by atoms with Crippen molar-refractivity contribution in [2.75, 3.05) is 6.61 Å². The van der Waals surface area contributed by atoms with Gasteiger partial charge in [-0.05, 0) is 24.3 Å². The minimum atomic E-state index is -3.69. The van der Waals surface area contributed by atoms with Gasteiger partial charge in [-0.15, -0.1) is 0 Å². The maximum atomic E-state index is 12.4. The van der Waals surface area contributed by atoms with E-state index in [1.807, 2.05) is 24.3 Å². The van der Waals surface area contributed by atoms with Crippen LogP contribution < -0.4 is 9.46 Å². The van der Waals surface area contributed by atoms with Gasteiger partial charge < -0.3 is 9.84 Å². The highest BCUT2D eigenvalue weighted by molar-refractivity contribution is 7.89. The van der Waals surface area contributed by atoms with Crippen LogP contribution in [-0.2, 0) is 10.0 Å². The van der Waals surface area contributed by atoms with E-state index in [9.17, 15) is 13.5 Å². The molecule has 2 N–H and O–H groups in total. The maximum Gasteiger partial charge on any atom is 0.241 e. The van der Waals surface area contributed by atoms with Crippen molar-refractivity contribution in [2.45, 2.75) is 17.4 Å². The number of nitrogens with one attached hydrogen (secondary N) is 1. The second-order valence-corrected chi connectivity index (χ2v) is 6.56. The van der Waals surface area contributed by atoms with Crippen molar-refractivity contribution >= 4 is 10.0 Å². The summed E-state index contributed by atoms with van der Waals surface area (Å²) < 4.78 is 33.0. The standard InChI is InChI=1S/C15H15NO4S/c17-11-4-3-5-12(10-11)21(18,19)16-14-8-9-20-15-7-2-1-6-13(14)15/h1-7,10,14,16-17H,8-9H2.